The zero-order chi connectivity index (χ0) is 40.3. The van der Waals surface area contributed by atoms with E-state index in [-0.39, 0.29) is 35.0 Å². The first-order valence-corrected chi connectivity index (χ1v) is 20.7. The van der Waals surface area contributed by atoms with Gasteiger partial charge in [0.25, 0.3) is 0 Å². The third-order valence-corrected chi connectivity index (χ3v) is 13.8. The van der Waals surface area contributed by atoms with Crippen LogP contribution in [0, 0.1) is 46.1 Å². The van der Waals surface area contributed by atoms with Crippen LogP contribution < -0.4 is 9.47 Å². The molecule has 10 nitrogen and oxygen atoms in total. The summed E-state index contributed by atoms with van der Waals surface area (Å²) in [5, 5.41) is 31.1. The van der Waals surface area contributed by atoms with E-state index in [0.717, 1.165) is 53.3 Å². The molecule has 2 aliphatic carbocycles. The summed E-state index contributed by atoms with van der Waals surface area (Å²) in [7, 11) is 0. The van der Waals surface area contributed by atoms with Crippen LogP contribution in [0.1, 0.15) is 62.5 Å². The fourth-order valence-corrected chi connectivity index (χ4v) is 10.8. The van der Waals surface area contributed by atoms with Crippen LogP contribution in [0.2, 0.25) is 0 Å². The van der Waals surface area contributed by atoms with Crippen molar-refractivity contribution in [2.75, 3.05) is 13.2 Å². The van der Waals surface area contributed by atoms with E-state index in [1.807, 2.05) is 12.1 Å². The maximum Gasteiger partial charge on any atom is 0.140 e. The fraction of sp³-hybridized carbons (Fsp3) is 0.318. The van der Waals surface area contributed by atoms with Gasteiger partial charge < -0.3 is 9.47 Å². The SMILES string of the molecule is N#C[C@@]12CCC(=O)C[C@H]1CCOc1c2cc2cnn(-c3ccc(F)cc3)c2c1Br.N#C[C@]12CCC(=O)C[C@@H]1CCOc1c2cc2cnn(-c3ccc(F)cc3)c2c1Br. The molecule has 4 atom stereocenters. The van der Waals surface area contributed by atoms with Crippen LogP contribution >= 0.6 is 31.9 Å². The number of hydrogen-bond donors (Lipinski definition) is 0. The molecule has 0 radical (unpaired) electrons. The lowest BCUT2D eigenvalue weighted by Gasteiger charge is -2.37. The second kappa shape index (κ2) is 14.7. The maximum atomic E-state index is 13.3. The van der Waals surface area contributed by atoms with Crippen LogP contribution in [0.3, 0.4) is 0 Å². The predicted molar refractivity (Wildman–Crippen MR) is 217 cm³/mol. The number of nitriles is 2. The third kappa shape index (κ3) is 6.11. The van der Waals surface area contributed by atoms with Crippen LogP contribution in [-0.4, -0.2) is 44.3 Å². The van der Waals surface area contributed by atoms with Gasteiger partial charge in [-0.15, -0.1) is 0 Å². The predicted octanol–water partition coefficient (Wildman–Crippen LogP) is 9.68. The average Bonchev–Trinajstić information content (AvgIpc) is 3.77. The minimum absolute atomic E-state index is 0.0495. The zero-order valence-corrected chi connectivity index (χ0v) is 34.2. The number of ketones is 2. The van der Waals surface area contributed by atoms with Crippen LogP contribution in [0.15, 0.2) is 82.0 Å². The van der Waals surface area contributed by atoms with Crippen molar-refractivity contribution in [3.63, 3.8) is 0 Å². The summed E-state index contributed by atoms with van der Waals surface area (Å²) in [6.07, 6.45) is 7.48. The Morgan fingerprint density at radius 3 is 1.45 bits per heavy atom. The van der Waals surface area contributed by atoms with Crippen LogP contribution in [0.4, 0.5) is 8.78 Å². The molecule has 4 aliphatic rings. The summed E-state index contributed by atoms with van der Waals surface area (Å²) >= 11 is 7.38. The van der Waals surface area contributed by atoms with Crippen molar-refractivity contribution in [3.05, 3.63) is 105 Å². The number of rotatable bonds is 2. The highest BCUT2D eigenvalue weighted by atomic mass is 79.9. The summed E-state index contributed by atoms with van der Waals surface area (Å²) in [6, 6.07) is 21.3. The highest BCUT2D eigenvalue weighted by Gasteiger charge is 2.50. The minimum atomic E-state index is -0.742. The van der Waals surface area contributed by atoms with E-state index in [1.54, 1.807) is 46.0 Å². The summed E-state index contributed by atoms with van der Waals surface area (Å²) in [5.74, 6) is 0.991. The van der Waals surface area contributed by atoms with Gasteiger partial charge in [-0.05, 0) is 130 Å². The first kappa shape index (κ1) is 38.1. The van der Waals surface area contributed by atoms with E-state index in [2.05, 4.69) is 54.2 Å². The van der Waals surface area contributed by atoms with Crippen LogP contribution in [0.25, 0.3) is 33.2 Å². The number of Topliss-reactive ketones (excluding diaryl/α,β-unsaturated/α-hetero) is 2. The molecule has 6 aromatic rings. The topological polar surface area (TPSA) is 136 Å². The number of hydrogen-bond acceptors (Lipinski definition) is 8. The van der Waals surface area contributed by atoms with Crippen molar-refractivity contribution in [2.24, 2.45) is 11.8 Å². The molecule has 4 heterocycles. The molecule has 0 spiro atoms. The van der Waals surface area contributed by atoms with Gasteiger partial charge in [0.1, 0.15) is 34.7 Å². The molecular weight excluding hydrogens is 874 g/mol. The fourth-order valence-electron chi connectivity index (χ4n) is 9.38. The number of fused-ring (bicyclic) bond motifs is 8. The maximum absolute atomic E-state index is 13.3. The normalized spacial score (nSPS) is 23.6. The zero-order valence-electron chi connectivity index (χ0n) is 31.0. The Balaban J connectivity index is 0.000000150. The quantitative estimate of drug-likeness (QED) is 0.168. The number of ether oxygens (including phenoxy) is 2. The van der Waals surface area contributed by atoms with E-state index in [1.165, 1.54) is 24.3 Å². The van der Waals surface area contributed by atoms with Gasteiger partial charge in [-0.1, -0.05) is 0 Å². The molecular formula is C44H34Br2F2N6O4. The molecule has 2 saturated carbocycles. The molecule has 2 aliphatic heterocycles. The van der Waals surface area contributed by atoms with Crippen molar-refractivity contribution in [1.29, 1.82) is 10.5 Å². The number of halogens is 4. The molecule has 2 fully saturated rings. The first-order valence-electron chi connectivity index (χ1n) is 19.1. The summed E-state index contributed by atoms with van der Waals surface area (Å²) in [6.45, 7) is 0.895. The summed E-state index contributed by atoms with van der Waals surface area (Å²) in [4.78, 5) is 24.1. The van der Waals surface area contributed by atoms with Gasteiger partial charge in [-0.2, -0.15) is 20.7 Å². The second-order valence-corrected chi connectivity index (χ2v) is 17.0. The Labute approximate surface area is 348 Å². The van der Waals surface area contributed by atoms with Gasteiger partial charge in [0.2, 0.25) is 0 Å². The molecule has 58 heavy (non-hydrogen) atoms. The molecule has 292 valence electrons. The smallest absolute Gasteiger partial charge is 0.140 e. The van der Waals surface area contributed by atoms with Crippen molar-refractivity contribution in [2.45, 2.75) is 62.2 Å². The van der Waals surface area contributed by atoms with E-state index < -0.39 is 10.8 Å². The van der Waals surface area contributed by atoms with E-state index in [9.17, 15) is 28.9 Å². The molecule has 2 aromatic heterocycles. The molecule has 4 aromatic carbocycles. The Hall–Kier alpha value is -5.44. The second-order valence-electron chi connectivity index (χ2n) is 15.4. The summed E-state index contributed by atoms with van der Waals surface area (Å²) < 4.78 is 43.8. The third-order valence-electron chi connectivity index (χ3n) is 12.4. The highest BCUT2D eigenvalue weighted by Crippen LogP contribution is 2.54. The Morgan fingerprint density at radius 2 is 1.07 bits per heavy atom. The molecule has 0 N–H and O–H groups in total. The van der Waals surface area contributed by atoms with Crippen molar-refractivity contribution in [1.82, 2.24) is 19.6 Å². The van der Waals surface area contributed by atoms with Gasteiger partial charge in [0, 0.05) is 47.6 Å². The molecule has 14 heteroatoms. The van der Waals surface area contributed by atoms with Gasteiger partial charge in [-0.25, -0.2) is 18.1 Å². The Morgan fingerprint density at radius 1 is 0.672 bits per heavy atom. The number of nitrogens with zero attached hydrogens (tertiary/aromatic N) is 6. The minimum Gasteiger partial charge on any atom is -0.492 e. The summed E-state index contributed by atoms with van der Waals surface area (Å²) in [5.41, 5.74) is 3.23. The number of carbonyl (C=O) groups excluding carboxylic acids is 2. The Kier molecular flexibility index (Phi) is 9.68. The van der Waals surface area contributed by atoms with Gasteiger partial charge in [-0.3, -0.25) is 9.59 Å². The molecule has 10 rings (SSSR count). The lowest BCUT2D eigenvalue weighted by atomic mass is 9.62. The average molecular weight is 909 g/mol. The van der Waals surface area contributed by atoms with Gasteiger partial charge >= 0.3 is 0 Å². The number of benzene rings is 4. The first-order chi connectivity index (χ1) is 28.1. The van der Waals surface area contributed by atoms with Gasteiger partial charge in [0.05, 0.1) is 79.9 Å². The molecule has 0 unspecified atom stereocenters. The van der Waals surface area contributed by atoms with Crippen LogP contribution in [-0.2, 0) is 20.4 Å². The lowest BCUT2D eigenvalue weighted by molar-refractivity contribution is -0.123. The molecule has 0 amide bonds. The van der Waals surface area contributed by atoms with Gasteiger partial charge in [0.15, 0.2) is 0 Å². The lowest BCUT2D eigenvalue weighted by Crippen LogP contribution is -2.39. The highest BCUT2D eigenvalue weighted by molar-refractivity contribution is 9.11. The van der Waals surface area contributed by atoms with Crippen molar-refractivity contribution in [3.8, 4) is 35.0 Å². The molecule has 0 saturated heterocycles. The number of carbonyl (C=O) groups is 2. The monoisotopic (exact) mass is 906 g/mol. The van der Waals surface area contributed by atoms with Crippen LogP contribution in [0.5, 0.6) is 11.5 Å². The van der Waals surface area contributed by atoms with Crippen molar-refractivity contribution >= 4 is 65.2 Å². The van der Waals surface area contributed by atoms with E-state index >= 15 is 0 Å². The van der Waals surface area contributed by atoms with E-state index in [4.69, 9.17) is 9.47 Å². The standard InChI is InChI=1S/2C22H17BrFN3O2/c2*23-19-20-13(11-26-27(20)16-3-1-15(24)2-4-16)9-18-21(19)29-8-6-14-10-17(28)5-7-22(14,18)12-25/h2*1-4,9,11,14H,5-8,10H2/t2*14-,22+/m10/s1. The number of aromatic nitrogens is 4. The Bertz CT molecular complexity index is 2550. The van der Waals surface area contributed by atoms with E-state index in [0.29, 0.717) is 76.1 Å². The molecule has 0 bridgehead atoms. The van der Waals surface area contributed by atoms with Crippen molar-refractivity contribution < 1.29 is 27.8 Å². The largest absolute Gasteiger partial charge is 0.492 e.